The molecule has 0 atom stereocenters. The van der Waals surface area contributed by atoms with Crippen LogP contribution in [-0.4, -0.2) is 58.7 Å². The third-order valence-electron chi connectivity index (χ3n) is 3.85. The van der Waals surface area contributed by atoms with Crippen molar-refractivity contribution in [3.63, 3.8) is 0 Å². The topological polar surface area (TPSA) is 74.2 Å². The van der Waals surface area contributed by atoms with Crippen molar-refractivity contribution in [3.8, 4) is 0 Å². The minimum Gasteiger partial charge on any atom is -0.344 e. The van der Waals surface area contributed by atoms with E-state index >= 15 is 0 Å². The minimum atomic E-state index is -4.47. The molecule has 1 fully saturated rings. The van der Waals surface area contributed by atoms with Crippen LogP contribution in [0.2, 0.25) is 0 Å². The van der Waals surface area contributed by atoms with Crippen molar-refractivity contribution in [2.45, 2.75) is 13.1 Å². The largest absolute Gasteiger partial charge is 0.445 e. The van der Waals surface area contributed by atoms with Crippen LogP contribution in [0.1, 0.15) is 10.6 Å². The van der Waals surface area contributed by atoms with Gasteiger partial charge in [0.2, 0.25) is 16.0 Å². The fraction of sp³-hybridized carbons (Fsp3) is 0.467. The molecule has 3 heterocycles. The smallest absolute Gasteiger partial charge is 0.344 e. The monoisotopic (exact) mass is 386 g/mol. The summed E-state index contributed by atoms with van der Waals surface area (Å²) in [6, 6.07) is 3.59. The van der Waals surface area contributed by atoms with E-state index < -0.39 is 11.2 Å². The molecule has 1 N–H and O–H groups in total. The van der Waals surface area contributed by atoms with Gasteiger partial charge < -0.3 is 10.2 Å². The van der Waals surface area contributed by atoms with Crippen LogP contribution in [0.5, 0.6) is 0 Å². The summed E-state index contributed by atoms with van der Waals surface area (Å²) < 4.78 is 37.8. The Labute approximate surface area is 151 Å². The molecule has 26 heavy (non-hydrogen) atoms. The summed E-state index contributed by atoms with van der Waals surface area (Å²) in [5.74, 6) is 0.317. The summed E-state index contributed by atoms with van der Waals surface area (Å²) in [7, 11) is 0. The van der Waals surface area contributed by atoms with Crippen LogP contribution >= 0.6 is 11.3 Å². The lowest BCUT2D eigenvalue weighted by Crippen LogP contribution is -2.48. The van der Waals surface area contributed by atoms with Gasteiger partial charge in [-0.05, 0) is 18.6 Å². The molecule has 2 aromatic rings. The van der Waals surface area contributed by atoms with Gasteiger partial charge in [0.1, 0.15) is 5.82 Å². The number of rotatable bonds is 4. The number of aryl methyl sites for hydroxylation is 1. The number of piperazine rings is 1. The molecule has 0 spiro atoms. The fourth-order valence-electron chi connectivity index (χ4n) is 2.48. The highest BCUT2D eigenvalue weighted by molar-refractivity contribution is 7.15. The number of pyridine rings is 1. The number of hydrogen-bond donors (Lipinski definition) is 1. The van der Waals surface area contributed by atoms with Gasteiger partial charge in [0.05, 0.1) is 6.54 Å². The van der Waals surface area contributed by atoms with Gasteiger partial charge in [0.25, 0.3) is 0 Å². The first-order valence-electron chi connectivity index (χ1n) is 7.92. The zero-order valence-electron chi connectivity index (χ0n) is 14.0. The molecule has 0 radical (unpaired) electrons. The summed E-state index contributed by atoms with van der Waals surface area (Å²) in [5.41, 5.74) is 1.00. The molecule has 0 bridgehead atoms. The van der Waals surface area contributed by atoms with Gasteiger partial charge in [-0.1, -0.05) is 17.4 Å². The van der Waals surface area contributed by atoms with Crippen molar-refractivity contribution in [1.29, 1.82) is 0 Å². The second-order valence-electron chi connectivity index (χ2n) is 5.92. The summed E-state index contributed by atoms with van der Waals surface area (Å²) in [5, 5.41) is 8.86. The van der Waals surface area contributed by atoms with Gasteiger partial charge in [0, 0.05) is 32.4 Å². The van der Waals surface area contributed by atoms with E-state index in [9.17, 15) is 18.0 Å². The lowest BCUT2D eigenvalue weighted by molar-refractivity contribution is -0.138. The van der Waals surface area contributed by atoms with Gasteiger partial charge in [-0.25, -0.2) is 4.98 Å². The molecule has 0 unspecified atom stereocenters. The van der Waals surface area contributed by atoms with E-state index in [2.05, 4.69) is 20.5 Å². The third kappa shape index (κ3) is 4.67. The molecular weight excluding hydrogens is 369 g/mol. The van der Waals surface area contributed by atoms with E-state index in [0.29, 0.717) is 43.3 Å². The molecule has 1 aliphatic heterocycles. The molecule has 0 aliphatic carbocycles. The van der Waals surface area contributed by atoms with Crippen molar-refractivity contribution >= 4 is 28.2 Å². The van der Waals surface area contributed by atoms with Crippen LogP contribution < -0.4 is 10.2 Å². The highest BCUT2D eigenvalue weighted by Gasteiger charge is 2.36. The second kappa shape index (κ2) is 7.54. The number of alkyl halides is 3. The van der Waals surface area contributed by atoms with E-state index in [1.165, 1.54) is 0 Å². The fourth-order valence-corrected chi connectivity index (χ4v) is 3.25. The summed E-state index contributed by atoms with van der Waals surface area (Å²) in [4.78, 5) is 19.9. The van der Waals surface area contributed by atoms with E-state index in [4.69, 9.17) is 0 Å². The Morgan fingerprint density at radius 2 is 1.96 bits per heavy atom. The van der Waals surface area contributed by atoms with Gasteiger partial charge >= 0.3 is 6.18 Å². The molecule has 1 aliphatic rings. The van der Waals surface area contributed by atoms with Crippen molar-refractivity contribution in [1.82, 2.24) is 20.1 Å². The lowest BCUT2D eigenvalue weighted by Gasteiger charge is -2.33. The predicted octanol–water partition coefficient (Wildman–Crippen LogP) is 2.02. The number of carbonyl (C=O) groups is 1. The van der Waals surface area contributed by atoms with Gasteiger partial charge in [0.15, 0.2) is 0 Å². The SMILES string of the molecule is Cc1ccc(NC(=O)CN2CCN(c3nnc(C(F)(F)F)s3)CC2)nc1. The first kappa shape index (κ1) is 18.5. The zero-order valence-corrected chi connectivity index (χ0v) is 14.8. The second-order valence-corrected chi connectivity index (χ2v) is 6.88. The number of hydrogen-bond acceptors (Lipinski definition) is 7. The first-order chi connectivity index (χ1) is 12.3. The maximum Gasteiger partial charge on any atom is 0.445 e. The highest BCUT2D eigenvalue weighted by Crippen LogP contribution is 2.34. The van der Waals surface area contributed by atoms with Crippen LogP contribution in [0.4, 0.5) is 24.1 Å². The number of aromatic nitrogens is 3. The zero-order chi connectivity index (χ0) is 18.7. The molecule has 2 aromatic heterocycles. The van der Waals surface area contributed by atoms with E-state index in [-0.39, 0.29) is 17.6 Å². The maximum atomic E-state index is 12.6. The van der Waals surface area contributed by atoms with Crippen LogP contribution in [-0.2, 0) is 11.0 Å². The molecule has 3 rings (SSSR count). The Morgan fingerprint density at radius 1 is 1.23 bits per heavy atom. The Morgan fingerprint density at radius 3 is 2.54 bits per heavy atom. The van der Waals surface area contributed by atoms with Crippen LogP contribution in [0.15, 0.2) is 18.3 Å². The third-order valence-corrected chi connectivity index (χ3v) is 4.87. The van der Waals surface area contributed by atoms with Crippen molar-refractivity contribution in [3.05, 3.63) is 28.9 Å². The van der Waals surface area contributed by atoms with E-state index in [1.807, 2.05) is 17.9 Å². The summed E-state index contributed by atoms with van der Waals surface area (Å²) in [6.07, 6.45) is -2.80. The molecular formula is C15H17F3N6OS. The number of nitrogens with zero attached hydrogens (tertiary/aromatic N) is 5. The molecule has 7 nitrogen and oxygen atoms in total. The Balaban J connectivity index is 1.48. The van der Waals surface area contributed by atoms with Crippen molar-refractivity contribution < 1.29 is 18.0 Å². The molecule has 11 heteroatoms. The Bertz CT molecular complexity index is 755. The van der Waals surface area contributed by atoms with Gasteiger partial charge in [-0.3, -0.25) is 9.69 Å². The molecule has 1 saturated heterocycles. The number of amides is 1. The van der Waals surface area contributed by atoms with Gasteiger partial charge in [-0.2, -0.15) is 13.2 Å². The normalized spacial score (nSPS) is 15.9. The van der Waals surface area contributed by atoms with E-state index in [1.54, 1.807) is 17.2 Å². The predicted molar refractivity (Wildman–Crippen MR) is 91.2 cm³/mol. The number of nitrogens with one attached hydrogen (secondary N) is 1. The lowest BCUT2D eigenvalue weighted by atomic mass is 10.3. The Kier molecular flexibility index (Phi) is 5.37. The van der Waals surface area contributed by atoms with Crippen LogP contribution in [0.3, 0.4) is 0 Å². The molecule has 0 saturated carbocycles. The van der Waals surface area contributed by atoms with Crippen molar-refractivity contribution in [2.24, 2.45) is 0 Å². The number of carbonyl (C=O) groups excluding carboxylic acids is 1. The summed E-state index contributed by atoms with van der Waals surface area (Å²) >= 11 is 0.537. The standard InChI is InChI=1S/C15H17F3N6OS/c1-10-2-3-11(19-8-10)20-12(25)9-23-4-6-24(7-5-23)14-22-21-13(26-14)15(16,17)18/h2-3,8H,4-7,9H2,1H3,(H,19,20,25). The average molecular weight is 386 g/mol. The molecule has 1 amide bonds. The Hall–Kier alpha value is -2.27. The average Bonchev–Trinajstić information content (AvgIpc) is 3.08. The molecule has 140 valence electrons. The number of anilines is 2. The highest BCUT2D eigenvalue weighted by atomic mass is 32.1. The van der Waals surface area contributed by atoms with Crippen LogP contribution in [0, 0.1) is 6.92 Å². The van der Waals surface area contributed by atoms with Crippen LogP contribution in [0.25, 0.3) is 0 Å². The molecule has 0 aromatic carbocycles. The summed E-state index contributed by atoms with van der Waals surface area (Å²) in [6.45, 7) is 4.19. The van der Waals surface area contributed by atoms with Crippen molar-refractivity contribution in [2.75, 3.05) is 42.9 Å². The minimum absolute atomic E-state index is 0.176. The maximum absolute atomic E-state index is 12.6. The first-order valence-corrected chi connectivity index (χ1v) is 8.73. The number of halogens is 3. The van der Waals surface area contributed by atoms with Gasteiger partial charge in [-0.15, -0.1) is 10.2 Å². The van der Waals surface area contributed by atoms with E-state index in [0.717, 1.165) is 5.56 Å². The quantitative estimate of drug-likeness (QED) is 0.867.